The molecular weight excluding hydrogens is 319 g/mol. The van der Waals surface area contributed by atoms with Crippen LogP contribution in [-0.4, -0.2) is 46.8 Å². The standard InChI is InChI=1S/C14H17BN2O5S/c1-9(18)8-10-4-2-6-12(15(20)22-10)16-14(19)13(17-21)11-5-3-7-23-11/h2-5,7,10,12,20-21H,6,8H2,1H3,(H,16,19)/b17-13+/t10-,12+/m1/s1. The van der Waals surface area contributed by atoms with E-state index >= 15 is 0 Å². The van der Waals surface area contributed by atoms with Gasteiger partial charge in [0, 0.05) is 6.42 Å². The van der Waals surface area contributed by atoms with Crippen molar-refractivity contribution in [2.45, 2.75) is 31.8 Å². The second-order valence-corrected chi connectivity index (χ2v) is 6.09. The van der Waals surface area contributed by atoms with E-state index in [1.54, 1.807) is 29.7 Å². The lowest BCUT2D eigenvalue weighted by atomic mass is 9.77. The molecule has 2 rings (SSSR count). The Morgan fingerprint density at radius 3 is 2.96 bits per heavy atom. The van der Waals surface area contributed by atoms with E-state index in [0.717, 1.165) is 0 Å². The molecule has 0 fully saturated rings. The van der Waals surface area contributed by atoms with Crippen LogP contribution in [0.2, 0.25) is 0 Å². The number of rotatable bonds is 5. The molecule has 0 radical (unpaired) electrons. The van der Waals surface area contributed by atoms with Gasteiger partial charge >= 0.3 is 7.12 Å². The zero-order valence-electron chi connectivity index (χ0n) is 12.5. The third-order valence-electron chi connectivity index (χ3n) is 3.27. The highest BCUT2D eigenvalue weighted by Gasteiger charge is 2.33. The largest absolute Gasteiger partial charge is 0.478 e. The molecule has 2 atom stereocenters. The van der Waals surface area contributed by atoms with Crippen molar-refractivity contribution >= 4 is 35.9 Å². The monoisotopic (exact) mass is 336 g/mol. The van der Waals surface area contributed by atoms with Gasteiger partial charge in [-0.25, -0.2) is 0 Å². The number of Topliss-reactive ketones (excluding diaryl/α,β-unsaturated/α-hetero) is 1. The first kappa shape index (κ1) is 17.4. The van der Waals surface area contributed by atoms with Crippen LogP contribution in [0.4, 0.5) is 0 Å². The van der Waals surface area contributed by atoms with Gasteiger partial charge in [0.1, 0.15) is 5.78 Å². The molecule has 0 saturated carbocycles. The minimum absolute atomic E-state index is 0.0540. The van der Waals surface area contributed by atoms with E-state index in [0.29, 0.717) is 11.3 Å². The summed E-state index contributed by atoms with van der Waals surface area (Å²) in [7, 11) is -1.26. The Kier molecular flexibility index (Phi) is 6.08. The maximum atomic E-state index is 12.2. The average molecular weight is 336 g/mol. The van der Waals surface area contributed by atoms with Crippen LogP contribution in [0.15, 0.2) is 34.8 Å². The quantitative estimate of drug-likeness (QED) is 0.242. The van der Waals surface area contributed by atoms with Gasteiger partial charge in [-0.2, -0.15) is 0 Å². The molecule has 23 heavy (non-hydrogen) atoms. The van der Waals surface area contributed by atoms with E-state index in [4.69, 9.17) is 9.86 Å². The van der Waals surface area contributed by atoms with Crippen LogP contribution in [-0.2, 0) is 14.2 Å². The normalized spacial score (nSPS) is 21.8. The van der Waals surface area contributed by atoms with Crippen molar-refractivity contribution < 1.29 is 24.5 Å². The number of nitrogens with one attached hydrogen (secondary N) is 1. The number of carbonyl (C=O) groups is 2. The summed E-state index contributed by atoms with van der Waals surface area (Å²) >= 11 is 1.26. The van der Waals surface area contributed by atoms with Gasteiger partial charge in [0.25, 0.3) is 5.91 Å². The van der Waals surface area contributed by atoms with Gasteiger partial charge in [-0.05, 0) is 24.8 Å². The molecule has 2 heterocycles. The lowest BCUT2D eigenvalue weighted by Crippen LogP contribution is -2.50. The topological polar surface area (TPSA) is 108 Å². The van der Waals surface area contributed by atoms with Crippen molar-refractivity contribution in [3.8, 4) is 0 Å². The van der Waals surface area contributed by atoms with Crippen LogP contribution in [0.25, 0.3) is 0 Å². The SMILES string of the molecule is CC(=O)C[C@H]1C=CC[C@H](NC(=O)/C(=N/O)c2cccs2)B(O)O1. The van der Waals surface area contributed by atoms with E-state index in [1.807, 2.05) is 0 Å². The highest BCUT2D eigenvalue weighted by atomic mass is 32.1. The van der Waals surface area contributed by atoms with Crippen molar-refractivity contribution in [2.24, 2.45) is 5.16 Å². The molecule has 0 saturated heterocycles. The summed E-state index contributed by atoms with van der Waals surface area (Å²) in [5.74, 6) is -1.37. The van der Waals surface area contributed by atoms with E-state index in [1.165, 1.54) is 18.3 Å². The third-order valence-corrected chi connectivity index (χ3v) is 4.15. The molecule has 0 aliphatic carbocycles. The van der Waals surface area contributed by atoms with Crippen LogP contribution in [0, 0.1) is 0 Å². The molecule has 122 valence electrons. The summed E-state index contributed by atoms with van der Waals surface area (Å²) in [5.41, 5.74) is -0.124. The second-order valence-electron chi connectivity index (χ2n) is 5.14. The molecular formula is C14H17BN2O5S. The fraction of sp³-hybridized carbons (Fsp3) is 0.357. The summed E-state index contributed by atoms with van der Waals surface area (Å²) in [5, 5.41) is 26.5. The fourth-order valence-corrected chi connectivity index (χ4v) is 2.91. The Morgan fingerprint density at radius 2 is 2.35 bits per heavy atom. The van der Waals surface area contributed by atoms with Gasteiger partial charge in [-0.15, -0.1) is 11.3 Å². The molecule has 7 nitrogen and oxygen atoms in total. The first-order valence-electron chi connectivity index (χ1n) is 7.07. The molecule has 9 heteroatoms. The van der Waals surface area contributed by atoms with Crippen LogP contribution in [0.3, 0.4) is 0 Å². The van der Waals surface area contributed by atoms with Gasteiger partial charge < -0.3 is 20.2 Å². The van der Waals surface area contributed by atoms with Crippen molar-refractivity contribution in [1.82, 2.24) is 5.32 Å². The van der Waals surface area contributed by atoms with E-state index in [9.17, 15) is 14.6 Å². The number of hydrogen-bond acceptors (Lipinski definition) is 7. The molecule has 0 unspecified atom stereocenters. The predicted octanol–water partition coefficient (Wildman–Crippen LogP) is 0.755. The fourth-order valence-electron chi connectivity index (χ4n) is 2.20. The van der Waals surface area contributed by atoms with Crippen LogP contribution in [0.1, 0.15) is 24.6 Å². The van der Waals surface area contributed by atoms with Gasteiger partial charge in [-0.3, -0.25) is 9.59 Å². The first-order chi connectivity index (χ1) is 11.0. The molecule has 0 bridgehead atoms. The maximum absolute atomic E-state index is 12.2. The zero-order valence-corrected chi connectivity index (χ0v) is 13.3. The Labute approximate surface area is 137 Å². The number of carbonyl (C=O) groups excluding carboxylic acids is 2. The number of hydrogen-bond donors (Lipinski definition) is 3. The molecule has 1 aliphatic heterocycles. The highest BCUT2D eigenvalue weighted by molar-refractivity contribution is 7.13. The van der Waals surface area contributed by atoms with Crippen LogP contribution in [0.5, 0.6) is 0 Å². The summed E-state index contributed by atoms with van der Waals surface area (Å²) in [4.78, 5) is 23.9. The lowest BCUT2D eigenvalue weighted by molar-refractivity contribution is -0.118. The molecule has 1 aromatic rings. The summed E-state index contributed by atoms with van der Waals surface area (Å²) in [6, 6.07) is 3.39. The number of amides is 1. The minimum atomic E-state index is -1.26. The molecule has 0 aromatic carbocycles. The Hall–Kier alpha value is -1.97. The number of nitrogens with zero attached hydrogens (tertiary/aromatic N) is 1. The van der Waals surface area contributed by atoms with Gasteiger partial charge in [0.05, 0.1) is 16.9 Å². The van der Waals surface area contributed by atoms with Crippen molar-refractivity contribution in [1.29, 1.82) is 0 Å². The Bertz CT molecular complexity index is 617. The average Bonchev–Trinajstić information content (AvgIpc) is 2.94. The molecule has 0 spiro atoms. The van der Waals surface area contributed by atoms with Crippen molar-refractivity contribution in [3.63, 3.8) is 0 Å². The third kappa shape index (κ3) is 4.75. The summed E-state index contributed by atoms with van der Waals surface area (Å²) in [6.07, 6.45) is 3.41. The van der Waals surface area contributed by atoms with Gasteiger partial charge in [0.15, 0.2) is 5.71 Å². The van der Waals surface area contributed by atoms with Gasteiger partial charge in [0.2, 0.25) is 0 Å². The smallest absolute Gasteiger partial charge is 0.426 e. The molecule has 1 aliphatic rings. The number of oxime groups is 1. The number of thiophene rings is 1. The molecule has 1 aromatic heterocycles. The number of ketones is 1. The van der Waals surface area contributed by atoms with Crippen molar-refractivity contribution in [3.05, 3.63) is 34.5 Å². The maximum Gasteiger partial charge on any atom is 0.478 e. The highest BCUT2D eigenvalue weighted by Crippen LogP contribution is 2.14. The van der Waals surface area contributed by atoms with E-state index < -0.39 is 25.1 Å². The minimum Gasteiger partial charge on any atom is -0.426 e. The zero-order chi connectivity index (χ0) is 16.8. The van der Waals surface area contributed by atoms with Crippen LogP contribution < -0.4 is 5.32 Å². The molecule has 1 amide bonds. The predicted molar refractivity (Wildman–Crippen MR) is 86.5 cm³/mol. The second kappa shape index (κ2) is 8.05. The van der Waals surface area contributed by atoms with E-state index in [-0.39, 0.29) is 17.9 Å². The summed E-state index contributed by atoms with van der Waals surface area (Å²) in [6.45, 7) is 1.44. The van der Waals surface area contributed by atoms with Gasteiger partial charge in [-0.1, -0.05) is 23.4 Å². The summed E-state index contributed by atoms with van der Waals surface area (Å²) < 4.78 is 5.37. The van der Waals surface area contributed by atoms with E-state index in [2.05, 4.69) is 10.5 Å². The van der Waals surface area contributed by atoms with Crippen molar-refractivity contribution in [2.75, 3.05) is 0 Å². The van der Waals surface area contributed by atoms with Crippen LogP contribution >= 0.6 is 11.3 Å². The Balaban J connectivity index is 2.01. The first-order valence-corrected chi connectivity index (χ1v) is 7.95. The Morgan fingerprint density at radius 1 is 1.57 bits per heavy atom. The lowest BCUT2D eigenvalue weighted by Gasteiger charge is -2.20. The molecule has 3 N–H and O–H groups in total.